The van der Waals surface area contributed by atoms with Crippen LogP contribution in [0.2, 0.25) is 0 Å². The number of amides is 3. The van der Waals surface area contributed by atoms with Crippen LogP contribution in [-0.4, -0.2) is 41.8 Å². The summed E-state index contributed by atoms with van der Waals surface area (Å²) in [6, 6.07) is 7.78. The van der Waals surface area contributed by atoms with Gasteiger partial charge in [0.15, 0.2) is 0 Å². The van der Waals surface area contributed by atoms with Gasteiger partial charge in [-0.1, -0.05) is 18.2 Å². The van der Waals surface area contributed by atoms with Crippen molar-refractivity contribution in [3.05, 3.63) is 29.8 Å². The van der Waals surface area contributed by atoms with Gasteiger partial charge in [0, 0.05) is 30.6 Å². The number of hydrogen-bond acceptors (Lipinski definition) is 3. The van der Waals surface area contributed by atoms with Gasteiger partial charge in [-0.2, -0.15) is 0 Å². The van der Waals surface area contributed by atoms with Crippen molar-refractivity contribution in [2.24, 2.45) is 5.92 Å². The Morgan fingerprint density at radius 3 is 2.72 bits per heavy atom. The number of carbonyl (C=O) groups is 3. The molecule has 2 rings (SSSR count). The van der Waals surface area contributed by atoms with Gasteiger partial charge < -0.3 is 15.5 Å². The molecule has 6 heteroatoms. The largest absolute Gasteiger partial charge is 0.352 e. The zero-order valence-corrected chi connectivity index (χ0v) is 15.2. The minimum Gasteiger partial charge on any atom is -0.352 e. The molecule has 1 aromatic rings. The lowest BCUT2D eigenvalue weighted by Gasteiger charge is -2.26. The van der Waals surface area contributed by atoms with Crippen molar-refractivity contribution >= 4 is 23.4 Å². The minimum atomic E-state index is -0.206. The molecule has 0 aromatic heterocycles. The first-order valence-electron chi connectivity index (χ1n) is 8.86. The summed E-state index contributed by atoms with van der Waals surface area (Å²) < 4.78 is 0. The summed E-state index contributed by atoms with van der Waals surface area (Å²) in [5, 5.41) is 5.69. The second kappa shape index (κ2) is 8.65. The van der Waals surface area contributed by atoms with Gasteiger partial charge in [-0.15, -0.1) is 0 Å². The molecule has 1 unspecified atom stereocenters. The van der Waals surface area contributed by atoms with E-state index in [1.807, 2.05) is 45.0 Å². The third-order valence-corrected chi connectivity index (χ3v) is 4.34. The fourth-order valence-electron chi connectivity index (χ4n) is 3.02. The first-order valence-corrected chi connectivity index (χ1v) is 8.86. The second-order valence-electron chi connectivity index (χ2n) is 6.72. The van der Waals surface area contributed by atoms with Crippen LogP contribution in [0.5, 0.6) is 0 Å². The maximum atomic E-state index is 12.4. The predicted octanol–water partition coefficient (Wildman–Crippen LogP) is 1.95. The van der Waals surface area contributed by atoms with Crippen molar-refractivity contribution in [1.82, 2.24) is 10.2 Å². The molecular formula is C19H27N3O3. The number of fused-ring (bicyclic) bond motifs is 1. The number of rotatable bonds is 7. The number of benzene rings is 1. The van der Waals surface area contributed by atoms with E-state index in [-0.39, 0.29) is 42.6 Å². The number of hydrogen-bond donors (Lipinski definition) is 2. The molecule has 25 heavy (non-hydrogen) atoms. The van der Waals surface area contributed by atoms with Gasteiger partial charge in [0.05, 0.1) is 6.54 Å². The molecule has 0 fully saturated rings. The van der Waals surface area contributed by atoms with Gasteiger partial charge in [0.1, 0.15) is 0 Å². The van der Waals surface area contributed by atoms with Crippen LogP contribution in [0, 0.1) is 5.92 Å². The topological polar surface area (TPSA) is 78.5 Å². The summed E-state index contributed by atoms with van der Waals surface area (Å²) in [6.07, 6.45) is 1.40. The van der Waals surface area contributed by atoms with Gasteiger partial charge in [-0.3, -0.25) is 14.4 Å². The number of nitrogens with zero attached hydrogens (tertiary/aromatic N) is 1. The van der Waals surface area contributed by atoms with E-state index < -0.39 is 0 Å². The Labute approximate surface area is 149 Å². The standard InChI is InChI=1S/C19H27N3O3/c1-4-22(12-17(23)20-13(2)3)18(24)10-9-15-11-14-7-5-6-8-16(14)21-19(15)25/h5-8,13,15H,4,9-12H2,1-3H3,(H,20,23)(H,21,25). The summed E-state index contributed by atoms with van der Waals surface area (Å²) in [7, 11) is 0. The molecule has 2 N–H and O–H groups in total. The molecule has 6 nitrogen and oxygen atoms in total. The van der Waals surface area contributed by atoms with E-state index in [9.17, 15) is 14.4 Å². The molecule has 136 valence electrons. The summed E-state index contributed by atoms with van der Waals surface area (Å²) >= 11 is 0. The van der Waals surface area contributed by atoms with E-state index in [2.05, 4.69) is 10.6 Å². The quantitative estimate of drug-likeness (QED) is 0.793. The maximum absolute atomic E-state index is 12.4. The second-order valence-corrected chi connectivity index (χ2v) is 6.72. The zero-order valence-electron chi connectivity index (χ0n) is 15.2. The van der Waals surface area contributed by atoms with Crippen LogP contribution in [-0.2, 0) is 20.8 Å². The number of carbonyl (C=O) groups excluding carboxylic acids is 3. The number of para-hydroxylation sites is 1. The van der Waals surface area contributed by atoms with Crippen LogP contribution < -0.4 is 10.6 Å². The lowest BCUT2D eigenvalue weighted by molar-refractivity contribution is -0.136. The highest BCUT2D eigenvalue weighted by molar-refractivity contribution is 5.96. The van der Waals surface area contributed by atoms with Crippen molar-refractivity contribution in [1.29, 1.82) is 0 Å². The van der Waals surface area contributed by atoms with Gasteiger partial charge in [0.25, 0.3) is 0 Å². The van der Waals surface area contributed by atoms with Gasteiger partial charge in [-0.05, 0) is 45.2 Å². The number of nitrogens with one attached hydrogen (secondary N) is 2. The Balaban J connectivity index is 1.88. The highest BCUT2D eigenvalue weighted by Crippen LogP contribution is 2.27. The fourth-order valence-corrected chi connectivity index (χ4v) is 3.02. The van der Waals surface area contributed by atoms with E-state index in [1.54, 1.807) is 0 Å². The highest BCUT2D eigenvalue weighted by Gasteiger charge is 2.27. The van der Waals surface area contributed by atoms with E-state index in [0.717, 1.165) is 11.3 Å². The molecule has 0 spiro atoms. The lowest BCUT2D eigenvalue weighted by Crippen LogP contribution is -2.43. The predicted molar refractivity (Wildman–Crippen MR) is 97.0 cm³/mol. The average Bonchev–Trinajstić information content (AvgIpc) is 2.56. The molecule has 1 aromatic carbocycles. The minimum absolute atomic E-state index is 0.0351. The summed E-state index contributed by atoms with van der Waals surface area (Å²) in [5.74, 6) is -0.489. The first-order chi connectivity index (χ1) is 11.9. The molecule has 1 aliphatic rings. The van der Waals surface area contributed by atoms with Crippen molar-refractivity contribution in [2.75, 3.05) is 18.4 Å². The molecule has 0 radical (unpaired) electrons. The molecular weight excluding hydrogens is 318 g/mol. The molecule has 0 saturated heterocycles. The first kappa shape index (κ1) is 19.0. The molecule has 0 bridgehead atoms. The number of likely N-dealkylation sites (N-methyl/N-ethyl adjacent to an activating group) is 1. The van der Waals surface area contributed by atoms with E-state index in [1.165, 1.54) is 4.90 Å². The lowest BCUT2D eigenvalue weighted by atomic mass is 9.89. The molecule has 3 amide bonds. The maximum Gasteiger partial charge on any atom is 0.239 e. The fraction of sp³-hybridized carbons (Fsp3) is 0.526. The third-order valence-electron chi connectivity index (χ3n) is 4.34. The monoisotopic (exact) mass is 345 g/mol. The van der Waals surface area contributed by atoms with Gasteiger partial charge >= 0.3 is 0 Å². The van der Waals surface area contributed by atoms with Crippen LogP contribution >= 0.6 is 0 Å². The summed E-state index contributed by atoms with van der Waals surface area (Å²) in [5.41, 5.74) is 1.96. The van der Waals surface area contributed by atoms with Crippen LogP contribution in [0.4, 0.5) is 5.69 Å². The molecule has 1 atom stereocenters. The van der Waals surface area contributed by atoms with Crippen LogP contribution in [0.15, 0.2) is 24.3 Å². The normalized spacial score (nSPS) is 16.2. The zero-order chi connectivity index (χ0) is 18.4. The summed E-state index contributed by atoms with van der Waals surface area (Å²) in [4.78, 5) is 38.0. The third kappa shape index (κ3) is 5.31. The molecule has 0 aliphatic carbocycles. The Morgan fingerprint density at radius 2 is 2.04 bits per heavy atom. The van der Waals surface area contributed by atoms with Crippen molar-refractivity contribution < 1.29 is 14.4 Å². The average molecular weight is 345 g/mol. The van der Waals surface area contributed by atoms with Crippen LogP contribution in [0.3, 0.4) is 0 Å². The highest BCUT2D eigenvalue weighted by atomic mass is 16.2. The van der Waals surface area contributed by atoms with Gasteiger partial charge in [0.2, 0.25) is 17.7 Å². The van der Waals surface area contributed by atoms with Gasteiger partial charge in [-0.25, -0.2) is 0 Å². The number of anilines is 1. The Kier molecular flexibility index (Phi) is 6.56. The molecule has 1 heterocycles. The Hall–Kier alpha value is -2.37. The molecule has 0 saturated carbocycles. The van der Waals surface area contributed by atoms with Crippen molar-refractivity contribution in [2.45, 2.75) is 46.1 Å². The Morgan fingerprint density at radius 1 is 1.32 bits per heavy atom. The van der Waals surface area contributed by atoms with Crippen LogP contribution in [0.25, 0.3) is 0 Å². The van der Waals surface area contributed by atoms with E-state index >= 15 is 0 Å². The van der Waals surface area contributed by atoms with Crippen LogP contribution in [0.1, 0.15) is 39.2 Å². The smallest absolute Gasteiger partial charge is 0.239 e. The van der Waals surface area contributed by atoms with Crippen molar-refractivity contribution in [3.63, 3.8) is 0 Å². The van der Waals surface area contributed by atoms with Crippen molar-refractivity contribution in [3.8, 4) is 0 Å². The molecule has 1 aliphatic heterocycles. The Bertz CT molecular complexity index is 643. The SMILES string of the molecule is CCN(CC(=O)NC(C)C)C(=O)CCC1Cc2ccccc2NC1=O. The van der Waals surface area contributed by atoms with E-state index in [4.69, 9.17) is 0 Å². The summed E-state index contributed by atoms with van der Waals surface area (Å²) in [6.45, 7) is 6.16. The van der Waals surface area contributed by atoms with E-state index in [0.29, 0.717) is 19.4 Å².